The van der Waals surface area contributed by atoms with E-state index in [2.05, 4.69) is 21.7 Å². The van der Waals surface area contributed by atoms with E-state index in [-0.39, 0.29) is 6.04 Å². The topological polar surface area (TPSA) is 58.4 Å². The number of aromatic nitrogens is 2. The number of rotatable bonds is 5. The zero-order valence-electron chi connectivity index (χ0n) is 13.5. The maximum atomic E-state index is 11.4. The molecule has 2 aromatic rings. The predicted octanol–water partition coefficient (Wildman–Crippen LogP) is 2.45. The Kier molecular flexibility index (Phi) is 4.76. The molecule has 122 valence electrons. The van der Waals surface area contributed by atoms with Gasteiger partial charge < -0.3 is 9.67 Å². The maximum absolute atomic E-state index is 11.4. The van der Waals surface area contributed by atoms with Gasteiger partial charge in [0.2, 0.25) is 0 Å². The highest BCUT2D eigenvalue weighted by Gasteiger charge is 2.29. The number of nitrogens with zero attached hydrogens (tertiary/aromatic N) is 3. The molecule has 2 heterocycles. The van der Waals surface area contributed by atoms with E-state index in [1.165, 1.54) is 5.56 Å². The number of imidazole rings is 1. The minimum absolute atomic E-state index is 0.377. The standard InChI is InChI=1S/C18H23N3O2/c1-20-15(11-14-7-3-2-4-8-14)12-19-17(20)13-21-10-6-5-9-16(21)18(22)23/h2-4,7-8,12,16H,5-6,9-11,13H2,1H3,(H,22,23)/t16-/m1/s1. The summed E-state index contributed by atoms with van der Waals surface area (Å²) >= 11 is 0. The molecule has 3 rings (SSSR count). The zero-order valence-corrected chi connectivity index (χ0v) is 13.5. The molecule has 0 aliphatic carbocycles. The van der Waals surface area contributed by atoms with Crippen LogP contribution in [0.25, 0.3) is 0 Å². The second-order valence-corrected chi connectivity index (χ2v) is 6.21. The Morgan fingerprint density at radius 2 is 2.09 bits per heavy atom. The average molecular weight is 313 g/mol. The summed E-state index contributed by atoms with van der Waals surface area (Å²) in [5, 5.41) is 9.39. The molecule has 0 unspecified atom stereocenters. The fourth-order valence-electron chi connectivity index (χ4n) is 3.25. The Labute approximate surface area is 136 Å². The third kappa shape index (κ3) is 3.62. The summed E-state index contributed by atoms with van der Waals surface area (Å²) in [7, 11) is 2.01. The molecule has 0 saturated carbocycles. The van der Waals surface area contributed by atoms with Gasteiger partial charge in [-0.3, -0.25) is 9.69 Å². The van der Waals surface area contributed by atoms with Crippen molar-refractivity contribution in [3.05, 3.63) is 53.6 Å². The van der Waals surface area contributed by atoms with Gasteiger partial charge in [0.1, 0.15) is 11.9 Å². The van der Waals surface area contributed by atoms with Crippen LogP contribution in [0.3, 0.4) is 0 Å². The molecule has 5 nitrogen and oxygen atoms in total. The van der Waals surface area contributed by atoms with E-state index >= 15 is 0 Å². The van der Waals surface area contributed by atoms with Crippen LogP contribution in [0.2, 0.25) is 0 Å². The molecule has 1 atom stereocenters. The number of likely N-dealkylation sites (tertiary alicyclic amines) is 1. The van der Waals surface area contributed by atoms with E-state index in [1.807, 2.05) is 36.3 Å². The van der Waals surface area contributed by atoms with Gasteiger partial charge in [0, 0.05) is 25.4 Å². The van der Waals surface area contributed by atoms with Gasteiger partial charge in [-0.2, -0.15) is 0 Å². The first-order chi connectivity index (χ1) is 11.1. The normalized spacial score (nSPS) is 18.9. The van der Waals surface area contributed by atoms with Gasteiger partial charge in [-0.05, 0) is 24.9 Å². The lowest BCUT2D eigenvalue weighted by molar-refractivity contribution is -0.144. The second-order valence-electron chi connectivity index (χ2n) is 6.21. The van der Waals surface area contributed by atoms with Gasteiger partial charge in [-0.15, -0.1) is 0 Å². The van der Waals surface area contributed by atoms with Crippen molar-refractivity contribution < 1.29 is 9.90 Å². The Bertz CT molecular complexity index is 666. The molecule has 5 heteroatoms. The van der Waals surface area contributed by atoms with E-state index in [4.69, 9.17) is 0 Å². The lowest BCUT2D eigenvalue weighted by Crippen LogP contribution is -2.44. The molecule has 1 aromatic heterocycles. The summed E-state index contributed by atoms with van der Waals surface area (Å²) in [4.78, 5) is 18.0. The van der Waals surface area contributed by atoms with E-state index in [1.54, 1.807) is 0 Å². The van der Waals surface area contributed by atoms with Crippen molar-refractivity contribution in [1.29, 1.82) is 0 Å². The van der Waals surface area contributed by atoms with Crippen molar-refractivity contribution >= 4 is 5.97 Å². The maximum Gasteiger partial charge on any atom is 0.320 e. The molecule has 1 saturated heterocycles. The van der Waals surface area contributed by atoms with Gasteiger partial charge >= 0.3 is 5.97 Å². The van der Waals surface area contributed by atoms with Crippen molar-refractivity contribution in [1.82, 2.24) is 14.5 Å². The van der Waals surface area contributed by atoms with Crippen LogP contribution >= 0.6 is 0 Å². The molecule has 23 heavy (non-hydrogen) atoms. The summed E-state index contributed by atoms with van der Waals surface area (Å²) in [6.45, 7) is 1.43. The number of carboxylic acid groups (broad SMARTS) is 1. The predicted molar refractivity (Wildman–Crippen MR) is 88.1 cm³/mol. The second kappa shape index (κ2) is 6.96. The van der Waals surface area contributed by atoms with Gasteiger partial charge in [-0.1, -0.05) is 36.8 Å². The molecule has 1 N–H and O–H groups in total. The van der Waals surface area contributed by atoms with Gasteiger partial charge in [-0.25, -0.2) is 4.98 Å². The molecule has 0 amide bonds. The molecule has 0 radical (unpaired) electrons. The Morgan fingerprint density at radius 1 is 1.30 bits per heavy atom. The molecule has 1 aliphatic heterocycles. The fraction of sp³-hybridized carbons (Fsp3) is 0.444. The molecule has 0 spiro atoms. The molecule has 1 fully saturated rings. The Hall–Kier alpha value is -2.14. The zero-order chi connectivity index (χ0) is 16.2. The summed E-state index contributed by atoms with van der Waals surface area (Å²) in [5.74, 6) is 0.215. The Balaban J connectivity index is 1.72. The van der Waals surface area contributed by atoms with Crippen LogP contribution in [0.1, 0.15) is 36.3 Å². The number of benzene rings is 1. The van der Waals surface area contributed by atoms with Crippen LogP contribution in [0.5, 0.6) is 0 Å². The Morgan fingerprint density at radius 3 is 2.83 bits per heavy atom. The first-order valence-corrected chi connectivity index (χ1v) is 8.15. The largest absolute Gasteiger partial charge is 0.480 e. The highest BCUT2D eigenvalue weighted by atomic mass is 16.4. The van der Waals surface area contributed by atoms with Crippen LogP contribution < -0.4 is 0 Å². The number of carboxylic acids is 1. The van der Waals surface area contributed by atoms with Crippen molar-refractivity contribution in [2.24, 2.45) is 7.05 Å². The highest BCUT2D eigenvalue weighted by molar-refractivity contribution is 5.73. The molecular weight excluding hydrogens is 290 g/mol. The highest BCUT2D eigenvalue weighted by Crippen LogP contribution is 2.20. The van der Waals surface area contributed by atoms with Gasteiger partial charge in [0.15, 0.2) is 0 Å². The minimum atomic E-state index is -0.719. The number of aliphatic carboxylic acids is 1. The quantitative estimate of drug-likeness (QED) is 0.921. The monoisotopic (exact) mass is 313 g/mol. The minimum Gasteiger partial charge on any atom is -0.480 e. The summed E-state index contributed by atoms with van der Waals surface area (Å²) < 4.78 is 2.10. The van der Waals surface area contributed by atoms with Crippen LogP contribution in [-0.2, 0) is 24.8 Å². The first kappa shape index (κ1) is 15.7. The molecule has 0 bridgehead atoms. The molecule has 1 aliphatic rings. The van der Waals surface area contributed by atoms with Crippen molar-refractivity contribution in [3.8, 4) is 0 Å². The van der Waals surface area contributed by atoms with Crippen LogP contribution in [0, 0.1) is 0 Å². The van der Waals surface area contributed by atoms with E-state index in [9.17, 15) is 9.90 Å². The number of hydrogen-bond donors (Lipinski definition) is 1. The third-order valence-electron chi connectivity index (χ3n) is 4.65. The first-order valence-electron chi connectivity index (χ1n) is 8.15. The van der Waals surface area contributed by atoms with Crippen molar-refractivity contribution in [3.63, 3.8) is 0 Å². The third-order valence-corrected chi connectivity index (χ3v) is 4.65. The lowest BCUT2D eigenvalue weighted by atomic mass is 10.0. The average Bonchev–Trinajstić information content (AvgIpc) is 2.89. The molecular formula is C18H23N3O2. The summed E-state index contributed by atoms with van der Waals surface area (Å²) in [6.07, 6.45) is 5.53. The number of carbonyl (C=O) groups is 1. The summed E-state index contributed by atoms with van der Waals surface area (Å²) in [5.41, 5.74) is 2.40. The fourth-order valence-corrected chi connectivity index (χ4v) is 3.25. The van der Waals surface area contributed by atoms with Gasteiger partial charge in [0.25, 0.3) is 0 Å². The van der Waals surface area contributed by atoms with Crippen molar-refractivity contribution in [2.75, 3.05) is 6.54 Å². The van der Waals surface area contributed by atoms with E-state index in [0.29, 0.717) is 6.54 Å². The van der Waals surface area contributed by atoms with Crippen LogP contribution in [0.4, 0.5) is 0 Å². The SMILES string of the molecule is Cn1c(Cc2ccccc2)cnc1CN1CCCC[C@@H]1C(=O)O. The number of piperidine rings is 1. The smallest absolute Gasteiger partial charge is 0.320 e. The number of hydrogen-bond acceptors (Lipinski definition) is 3. The van der Waals surface area contributed by atoms with E-state index in [0.717, 1.165) is 43.7 Å². The summed E-state index contributed by atoms with van der Waals surface area (Å²) in [6, 6.07) is 9.93. The van der Waals surface area contributed by atoms with Crippen molar-refractivity contribution in [2.45, 2.75) is 38.3 Å². The van der Waals surface area contributed by atoms with Crippen LogP contribution in [0.15, 0.2) is 36.5 Å². The van der Waals surface area contributed by atoms with E-state index < -0.39 is 5.97 Å². The molecule has 1 aromatic carbocycles. The van der Waals surface area contributed by atoms with Gasteiger partial charge in [0.05, 0.1) is 6.54 Å². The van der Waals surface area contributed by atoms with Crippen LogP contribution in [-0.4, -0.2) is 38.1 Å². The lowest BCUT2D eigenvalue weighted by Gasteiger charge is -2.32.